The van der Waals surface area contributed by atoms with Crippen LogP contribution in [0.25, 0.3) is 0 Å². The molecule has 33 heavy (non-hydrogen) atoms. The fourth-order valence-electron chi connectivity index (χ4n) is 2.81. The van der Waals surface area contributed by atoms with Gasteiger partial charge in [-0.25, -0.2) is 18.1 Å². The Hall–Kier alpha value is -2.73. The second-order valence-electron chi connectivity index (χ2n) is 7.03. The van der Waals surface area contributed by atoms with Gasteiger partial charge in [0, 0.05) is 18.4 Å². The minimum Gasteiger partial charge on any atom is -0.492 e. The van der Waals surface area contributed by atoms with E-state index in [9.17, 15) is 13.5 Å². The molecule has 1 atom stereocenters. The number of halogens is 1. The zero-order valence-corrected chi connectivity index (χ0v) is 20.4. The van der Waals surface area contributed by atoms with Crippen LogP contribution in [-0.2, 0) is 10.0 Å². The molecule has 0 amide bonds. The van der Waals surface area contributed by atoms with Crippen molar-refractivity contribution in [2.24, 2.45) is 0 Å². The Morgan fingerprint density at radius 2 is 1.94 bits per heavy atom. The molecule has 0 saturated heterocycles. The van der Waals surface area contributed by atoms with Gasteiger partial charge in [-0.2, -0.15) is 4.98 Å². The van der Waals surface area contributed by atoms with Gasteiger partial charge in [-0.05, 0) is 52.7 Å². The first-order valence-electron chi connectivity index (χ1n) is 10.4. The van der Waals surface area contributed by atoms with E-state index in [-0.39, 0.29) is 36.6 Å². The molecule has 4 N–H and O–H groups in total. The molecule has 1 heterocycles. The molecule has 9 nitrogen and oxygen atoms in total. The van der Waals surface area contributed by atoms with Gasteiger partial charge in [0.1, 0.15) is 18.2 Å². The van der Waals surface area contributed by atoms with Gasteiger partial charge in [-0.3, -0.25) is 0 Å². The van der Waals surface area contributed by atoms with E-state index >= 15 is 0 Å². The molecule has 0 aliphatic rings. The van der Waals surface area contributed by atoms with Crippen molar-refractivity contribution in [3.63, 3.8) is 0 Å². The van der Waals surface area contributed by atoms with Crippen molar-refractivity contribution in [1.29, 1.82) is 0 Å². The molecule has 176 valence electrons. The highest BCUT2D eigenvalue weighted by molar-refractivity contribution is 9.10. The molecule has 0 spiro atoms. The summed E-state index contributed by atoms with van der Waals surface area (Å²) in [7, 11) is -3.73. The van der Waals surface area contributed by atoms with Crippen molar-refractivity contribution in [3.05, 3.63) is 65.3 Å². The highest BCUT2D eigenvalue weighted by Crippen LogP contribution is 2.24. The van der Waals surface area contributed by atoms with E-state index in [0.29, 0.717) is 21.7 Å². The Balaban J connectivity index is 1.64. The summed E-state index contributed by atoms with van der Waals surface area (Å²) in [4.78, 5) is 8.74. The number of aliphatic hydroxyl groups excluding tert-OH is 1. The SMILES string of the molecule is CC[C@H](CO)Nc1nc(Nc2cccc(S(=O)(=O)NCCOc3ccccc3)c2)ncc1Br. The van der Waals surface area contributed by atoms with Crippen molar-refractivity contribution in [2.45, 2.75) is 24.3 Å². The summed E-state index contributed by atoms with van der Waals surface area (Å²) in [5, 5.41) is 15.6. The number of ether oxygens (including phenoxy) is 1. The molecule has 0 fully saturated rings. The van der Waals surface area contributed by atoms with Crippen LogP contribution in [0.4, 0.5) is 17.5 Å². The van der Waals surface area contributed by atoms with Crippen molar-refractivity contribution in [3.8, 4) is 5.75 Å². The molecule has 1 aromatic heterocycles. The third-order valence-corrected chi connectivity index (χ3v) is 6.64. The van der Waals surface area contributed by atoms with Crippen LogP contribution < -0.4 is 20.1 Å². The van der Waals surface area contributed by atoms with Crippen LogP contribution in [0.15, 0.2) is 70.2 Å². The van der Waals surface area contributed by atoms with Crippen molar-refractivity contribution < 1.29 is 18.3 Å². The summed E-state index contributed by atoms with van der Waals surface area (Å²) in [5.74, 6) is 1.49. The molecule has 0 bridgehead atoms. The molecular weight excluding hydrogens is 510 g/mol. The molecule has 0 aliphatic carbocycles. The number of hydrogen-bond acceptors (Lipinski definition) is 8. The number of aromatic nitrogens is 2. The number of benzene rings is 2. The number of hydrogen-bond donors (Lipinski definition) is 4. The fourth-order valence-corrected chi connectivity index (χ4v) is 4.18. The maximum Gasteiger partial charge on any atom is 0.240 e. The predicted octanol–water partition coefficient (Wildman–Crippen LogP) is 3.52. The first-order valence-corrected chi connectivity index (χ1v) is 12.6. The molecule has 11 heteroatoms. The van der Waals surface area contributed by atoms with Crippen LogP contribution in [0.2, 0.25) is 0 Å². The minimum absolute atomic E-state index is 0.0288. The summed E-state index contributed by atoms with van der Waals surface area (Å²) in [6, 6.07) is 15.4. The molecule has 3 rings (SSSR count). The highest BCUT2D eigenvalue weighted by Gasteiger charge is 2.15. The Morgan fingerprint density at radius 1 is 1.15 bits per heavy atom. The number of aliphatic hydroxyl groups is 1. The van der Waals surface area contributed by atoms with Gasteiger partial charge in [0.15, 0.2) is 0 Å². The van der Waals surface area contributed by atoms with Crippen LogP contribution in [0, 0.1) is 0 Å². The lowest BCUT2D eigenvalue weighted by Crippen LogP contribution is -2.28. The summed E-state index contributed by atoms with van der Waals surface area (Å²) in [6.45, 7) is 2.26. The molecule has 0 radical (unpaired) electrons. The number of anilines is 3. The maximum absolute atomic E-state index is 12.7. The van der Waals surface area contributed by atoms with Crippen molar-refractivity contribution in [2.75, 3.05) is 30.4 Å². The normalized spacial score (nSPS) is 12.2. The van der Waals surface area contributed by atoms with E-state index in [0.717, 1.165) is 6.42 Å². The monoisotopic (exact) mass is 535 g/mol. The quantitative estimate of drug-likeness (QED) is 0.259. The Kier molecular flexibility index (Phi) is 9.01. The third-order valence-electron chi connectivity index (χ3n) is 4.60. The van der Waals surface area contributed by atoms with Crippen LogP contribution >= 0.6 is 15.9 Å². The maximum atomic E-state index is 12.7. The van der Waals surface area contributed by atoms with Crippen molar-refractivity contribution in [1.82, 2.24) is 14.7 Å². The number of nitrogens with one attached hydrogen (secondary N) is 3. The molecule has 3 aromatic rings. The lowest BCUT2D eigenvalue weighted by atomic mass is 10.2. The summed E-state index contributed by atoms with van der Waals surface area (Å²) < 4.78 is 34.0. The summed E-state index contributed by atoms with van der Waals surface area (Å²) in [6.07, 6.45) is 2.30. The van der Waals surface area contributed by atoms with Crippen LogP contribution in [0.1, 0.15) is 13.3 Å². The Bertz CT molecular complexity index is 1140. The first kappa shape index (κ1) is 24.9. The molecule has 0 unspecified atom stereocenters. The van der Waals surface area contributed by atoms with Crippen LogP contribution in [-0.4, -0.2) is 49.3 Å². The van der Waals surface area contributed by atoms with Gasteiger partial charge < -0.3 is 20.5 Å². The van der Waals surface area contributed by atoms with E-state index in [1.165, 1.54) is 12.1 Å². The Labute approximate surface area is 201 Å². The number of para-hydroxylation sites is 1. The van der Waals surface area contributed by atoms with Gasteiger partial charge in [0.05, 0.1) is 22.0 Å². The second-order valence-corrected chi connectivity index (χ2v) is 9.66. The average molecular weight is 536 g/mol. The predicted molar refractivity (Wildman–Crippen MR) is 131 cm³/mol. The standard InChI is InChI=1S/C22H26BrN5O4S/c1-2-16(15-29)26-21-20(23)14-24-22(28-21)27-17-7-6-10-19(13-17)33(30,31)25-11-12-32-18-8-4-3-5-9-18/h3-10,13-14,16,25,29H,2,11-12,15H2,1H3,(H2,24,26,27,28)/t16-/m1/s1. The lowest BCUT2D eigenvalue weighted by molar-refractivity contribution is 0.271. The van der Waals surface area contributed by atoms with E-state index in [2.05, 4.69) is 41.3 Å². The number of sulfonamides is 1. The van der Waals surface area contributed by atoms with Crippen molar-refractivity contribution >= 4 is 43.4 Å². The minimum atomic E-state index is -3.73. The van der Waals surface area contributed by atoms with E-state index in [4.69, 9.17) is 4.74 Å². The largest absolute Gasteiger partial charge is 0.492 e. The zero-order valence-electron chi connectivity index (χ0n) is 18.0. The average Bonchev–Trinajstić information content (AvgIpc) is 2.83. The molecule has 2 aromatic carbocycles. The summed E-state index contributed by atoms with van der Waals surface area (Å²) >= 11 is 3.39. The number of nitrogens with zero attached hydrogens (tertiary/aromatic N) is 2. The lowest BCUT2D eigenvalue weighted by Gasteiger charge is -2.16. The van der Waals surface area contributed by atoms with Gasteiger partial charge in [-0.15, -0.1) is 0 Å². The van der Waals surface area contributed by atoms with Crippen LogP contribution in [0.3, 0.4) is 0 Å². The highest BCUT2D eigenvalue weighted by atomic mass is 79.9. The van der Waals surface area contributed by atoms with E-state index in [1.54, 1.807) is 30.5 Å². The Morgan fingerprint density at radius 3 is 2.67 bits per heavy atom. The smallest absolute Gasteiger partial charge is 0.240 e. The molecule has 0 aliphatic heterocycles. The third kappa shape index (κ3) is 7.39. The fraction of sp³-hybridized carbons (Fsp3) is 0.273. The topological polar surface area (TPSA) is 125 Å². The van der Waals surface area contributed by atoms with Gasteiger partial charge in [0.25, 0.3) is 0 Å². The second kappa shape index (κ2) is 11.9. The van der Waals surface area contributed by atoms with Gasteiger partial charge >= 0.3 is 0 Å². The van der Waals surface area contributed by atoms with Gasteiger partial charge in [-0.1, -0.05) is 31.2 Å². The van der Waals surface area contributed by atoms with E-state index < -0.39 is 10.0 Å². The van der Waals surface area contributed by atoms with Crippen LogP contribution in [0.5, 0.6) is 5.75 Å². The molecular formula is C22H26BrN5O4S. The first-order chi connectivity index (χ1) is 15.9. The summed E-state index contributed by atoms with van der Waals surface area (Å²) in [5.41, 5.74) is 0.515. The van der Waals surface area contributed by atoms with Gasteiger partial charge in [0.2, 0.25) is 16.0 Å². The zero-order chi connectivity index (χ0) is 23.7. The van der Waals surface area contributed by atoms with E-state index in [1.807, 2.05) is 25.1 Å². The molecule has 0 saturated carbocycles. The number of rotatable bonds is 12.